The predicted octanol–water partition coefficient (Wildman–Crippen LogP) is 5.11. The van der Waals surface area contributed by atoms with Gasteiger partial charge in [-0.2, -0.15) is 0 Å². The van der Waals surface area contributed by atoms with Gasteiger partial charge in [-0.1, -0.05) is 91.0 Å². The topological polar surface area (TPSA) is 44.8 Å². The molecule has 2 atom stereocenters. The fourth-order valence-corrected chi connectivity index (χ4v) is 3.85. The van der Waals surface area contributed by atoms with Gasteiger partial charge in [-0.15, -0.1) is 0 Å². The lowest BCUT2D eigenvalue weighted by Gasteiger charge is -2.37. The Morgan fingerprint density at radius 3 is 1.29 bits per heavy atom. The van der Waals surface area contributed by atoms with Crippen molar-refractivity contribution in [1.29, 1.82) is 0 Å². The number of benzene rings is 3. The first kappa shape index (κ1) is 21.4. The molecule has 1 saturated carbocycles. The highest BCUT2D eigenvalue weighted by Gasteiger charge is 2.39. The predicted molar refractivity (Wildman–Crippen MR) is 119 cm³/mol. The largest absolute Gasteiger partial charge is 0.370 e. The summed E-state index contributed by atoms with van der Waals surface area (Å²) in [4.78, 5) is 12.5. The molecule has 2 unspecified atom stereocenters. The van der Waals surface area contributed by atoms with Crippen LogP contribution in [-0.4, -0.2) is 24.1 Å². The first-order valence-electron chi connectivity index (χ1n) is 10.8. The summed E-state index contributed by atoms with van der Waals surface area (Å²) >= 11 is 0. The van der Waals surface area contributed by atoms with Crippen LogP contribution >= 0.6 is 0 Å². The Hall–Kier alpha value is -2.79. The molecule has 4 rings (SSSR count). The Bertz CT molecular complexity index is 872. The van der Waals surface area contributed by atoms with E-state index in [4.69, 9.17) is 14.2 Å². The number of carbonyl (C=O) groups is 1. The van der Waals surface area contributed by atoms with Crippen molar-refractivity contribution >= 4 is 5.78 Å². The summed E-state index contributed by atoms with van der Waals surface area (Å²) in [7, 11) is 0. The molecule has 0 heterocycles. The number of hydrogen-bond donors (Lipinski definition) is 0. The van der Waals surface area contributed by atoms with Gasteiger partial charge in [0, 0.05) is 12.8 Å². The van der Waals surface area contributed by atoms with Crippen LogP contribution in [0.5, 0.6) is 0 Å². The molecule has 0 N–H and O–H groups in total. The Balaban J connectivity index is 1.46. The van der Waals surface area contributed by atoms with Crippen LogP contribution in [0.4, 0.5) is 0 Å². The van der Waals surface area contributed by atoms with Crippen molar-refractivity contribution in [2.75, 3.05) is 0 Å². The Morgan fingerprint density at radius 2 is 0.903 bits per heavy atom. The first-order valence-corrected chi connectivity index (χ1v) is 10.8. The fraction of sp³-hybridized carbons (Fsp3) is 0.296. The molecule has 160 valence electrons. The van der Waals surface area contributed by atoms with E-state index in [0.717, 1.165) is 16.7 Å². The summed E-state index contributed by atoms with van der Waals surface area (Å²) < 4.78 is 18.7. The third-order valence-electron chi connectivity index (χ3n) is 5.49. The molecule has 0 saturated heterocycles. The molecule has 3 aromatic carbocycles. The number of Topliss-reactive ketones (excluding diaryl/α,β-unsaturated/α-hetero) is 1. The average molecular weight is 417 g/mol. The molecule has 3 aromatic rings. The van der Waals surface area contributed by atoms with E-state index in [1.54, 1.807) is 0 Å². The van der Waals surface area contributed by atoms with Crippen molar-refractivity contribution in [3.8, 4) is 0 Å². The highest BCUT2D eigenvalue weighted by molar-refractivity contribution is 5.80. The van der Waals surface area contributed by atoms with Gasteiger partial charge < -0.3 is 14.2 Å². The van der Waals surface area contributed by atoms with Gasteiger partial charge >= 0.3 is 0 Å². The number of carbonyl (C=O) groups excluding carboxylic acids is 1. The summed E-state index contributed by atoms with van der Waals surface area (Å²) in [6.45, 7) is 1.33. The molecule has 0 aliphatic heterocycles. The van der Waals surface area contributed by atoms with E-state index < -0.39 is 0 Å². The number of ketones is 1. The zero-order valence-corrected chi connectivity index (χ0v) is 17.6. The average Bonchev–Trinajstić information content (AvgIpc) is 2.82. The molecule has 0 radical (unpaired) electrons. The van der Waals surface area contributed by atoms with Gasteiger partial charge in [0.1, 0.15) is 11.9 Å². The van der Waals surface area contributed by atoms with Crippen LogP contribution in [0.1, 0.15) is 29.5 Å². The second-order valence-electron chi connectivity index (χ2n) is 7.88. The van der Waals surface area contributed by atoms with Gasteiger partial charge in [-0.05, 0) is 16.7 Å². The molecule has 1 aliphatic carbocycles. The molecule has 1 aliphatic rings. The summed E-state index contributed by atoms with van der Waals surface area (Å²) in [6.07, 6.45) is -0.308. The number of ether oxygens (including phenoxy) is 3. The van der Waals surface area contributed by atoms with Crippen molar-refractivity contribution in [3.05, 3.63) is 108 Å². The minimum Gasteiger partial charge on any atom is -0.370 e. The van der Waals surface area contributed by atoms with Crippen LogP contribution in [0.3, 0.4) is 0 Å². The fourth-order valence-electron chi connectivity index (χ4n) is 3.85. The summed E-state index contributed by atoms with van der Waals surface area (Å²) in [5.74, 6) is 0.149. The molecule has 4 heteroatoms. The number of hydrogen-bond acceptors (Lipinski definition) is 4. The molecule has 4 nitrogen and oxygen atoms in total. The quantitative estimate of drug-likeness (QED) is 0.487. The maximum Gasteiger partial charge on any atom is 0.138 e. The van der Waals surface area contributed by atoms with Crippen LogP contribution in [-0.2, 0) is 38.8 Å². The van der Waals surface area contributed by atoms with Crippen LogP contribution in [0.2, 0.25) is 0 Å². The van der Waals surface area contributed by atoms with Crippen molar-refractivity contribution in [2.45, 2.75) is 51.0 Å². The van der Waals surface area contributed by atoms with Gasteiger partial charge in [0.2, 0.25) is 0 Å². The lowest BCUT2D eigenvalue weighted by atomic mass is 9.90. The van der Waals surface area contributed by atoms with Gasteiger partial charge in [0.05, 0.1) is 32.0 Å². The van der Waals surface area contributed by atoms with E-state index in [0.29, 0.717) is 32.7 Å². The Labute approximate surface area is 183 Å². The molecule has 0 amide bonds. The Kier molecular flexibility index (Phi) is 7.61. The van der Waals surface area contributed by atoms with Gasteiger partial charge in [-0.25, -0.2) is 0 Å². The van der Waals surface area contributed by atoms with Crippen molar-refractivity contribution in [3.63, 3.8) is 0 Å². The standard InChI is InChI=1S/C27H28O4/c28-24-16-25(29-18-21-10-4-1-5-11-21)27(31-20-23-14-8-3-9-15-23)26(17-24)30-19-22-12-6-2-7-13-22/h1-15,25-27H,16-20H2. The molecule has 0 bridgehead atoms. The molecular formula is C27H28O4. The van der Waals surface area contributed by atoms with Crippen LogP contribution in [0.25, 0.3) is 0 Å². The second-order valence-corrected chi connectivity index (χ2v) is 7.88. The van der Waals surface area contributed by atoms with Gasteiger partial charge in [0.15, 0.2) is 0 Å². The van der Waals surface area contributed by atoms with Crippen LogP contribution in [0, 0.1) is 0 Å². The van der Waals surface area contributed by atoms with E-state index in [1.807, 2.05) is 91.0 Å². The SMILES string of the molecule is O=C1CC(OCc2ccccc2)C(OCc2ccccc2)C(OCc2ccccc2)C1. The van der Waals surface area contributed by atoms with E-state index in [1.165, 1.54) is 0 Å². The van der Waals surface area contributed by atoms with Crippen molar-refractivity contribution < 1.29 is 19.0 Å². The molecule has 0 spiro atoms. The zero-order chi connectivity index (χ0) is 21.3. The van der Waals surface area contributed by atoms with E-state index in [9.17, 15) is 4.79 Å². The summed E-state index contributed by atoms with van der Waals surface area (Å²) in [5, 5.41) is 0. The second kappa shape index (κ2) is 11.0. The van der Waals surface area contributed by atoms with Crippen LogP contribution < -0.4 is 0 Å². The third-order valence-corrected chi connectivity index (χ3v) is 5.49. The highest BCUT2D eigenvalue weighted by Crippen LogP contribution is 2.27. The third kappa shape index (κ3) is 6.34. The van der Waals surface area contributed by atoms with Crippen LogP contribution in [0.15, 0.2) is 91.0 Å². The first-order chi connectivity index (χ1) is 15.3. The highest BCUT2D eigenvalue weighted by atomic mass is 16.6. The zero-order valence-electron chi connectivity index (χ0n) is 17.6. The molecule has 31 heavy (non-hydrogen) atoms. The minimum absolute atomic E-state index is 0.149. The molecule has 0 aromatic heterocycles. The van der Waals surface area contributed by atoms with E-state index in [2.05, 4.69) is 0 Å². The van der Waals surface area contributed by atoms with Crippen molar-refractivity contribution in [1.82, 2.24) is 0 Å². The maximum atomic E-state index is 12.5. The lowest BCUT2D eigenvalue weighted by Crippen LogP contribution is -2.48. The van der Waals surface area contributed by atoms with Crippen molar-refractivity contribution in [2.24, 2.45) is 0 Å². The van der Waals surface area contributed by atoms with E-state index >= 15 is 0 Å². The summed E-state index contributed by atoms with van der Waals surface area (Å²) in [5.41, 5.74) is 3.23. The normalized spacial score (nSPS) is 21.2. The molecule has 1 fully saturated rings. The van der Waals surface area contributed by atoms with Gasteiger partial charge in [-0.3, -0.25) is 4.79 Å². The smallest absolute Gasteiger partial charge is 0.138 e. The minimum atomic E-state index is -0.342. The lowest BCUT2D eigenvalue weighted by molar-refractivity contribution is -0.175. The Morgan fingerprint density at radius 1 is 0.548 bits per heavy atom. The molecular weight excluding hydrogens is 388 g/mol. The number of rotatable bonds is 9. The maximum absolute atomic E-state index is 12.5. The van der Waals surface area contributed by atoms with Gasteiger partial charge in [0.25, 0.3) is 0 Å². The van der Waals surface area contributed by atoms with E-state index in [-0.39, 0.29) is 24.1 Å². The monoisotopic (exact) mass is 416 g/mol. The summed E-state index contributed by atoms with van der Waals surface area (Å²) in [6, 6.07) is 30.0.